The fourth-order valence-corrected chi connectivity index (χ4v) is 3.55. The van der Waals surface area contributed by atoms with Crippen LogP contribution in [0.15, 0.2) is 12.1 Å². The monoisotopic (exact) mass is 392 g/mol. The molecule has 0 aliphatic carbocycles. The number of aryl methyl sites for hydroxylation is 1. The van der Waals surface area contributed by atoms with Crippen LogP contribution in [0.4, 0.5) is 0 Å². The molecule has 0 bridgehead atoms. The normalized spacial score (nSPS) is 14.7. The summed E-state index contributed by atoms with van der Waals surface area (Å²) in [6.07, 6.45) is 2.36. The van der Waals surface area contributed by atoms with Crippen LogP contribution in [0.1, 0.15) is 38.7 Å². The Balaban J connectivity index is 1.92. The minimum absolute atomic E-state index is 0.00241. The highest BCUT2D eigenvalue weighted by Gasteiger charge is 2.27. The average Bonchev–Trinajstić information content (AvgIpc) is 2.70. The molecule has 28 heavy (non-hydrogen) atoms. The molecule has 0 unspecified atom stereocenters. The predicted octanol–water partition coefficient (Wildman–Crippen LogP) is 2.41. The number of amides is 2. The minimum Gasteiger partial charge on any atom is -0.493 e. The van der Waals surface area contributed by atoms with Gasteiger partial charge in [-0.1, -0.05) is 6.07 Å². The predicted molar refractivity (Wildman–Crippen MR) is 107 cm³/mol. The van der Waals surface area contributed by atoms with Crippen molar-refractivity contribution in [1.29, 1.82) is 0 Å². The van der Waals surface area contributed by atoms with Gasteiger partial charge in [0.1, 0.15) is 0 Å². The molecule has 0 saturated carbocycles. The zero-order valence-corrected chi connectivity index (χ0v) is 17.5. The second-order valence-corrected chi connectivity index (χ2v) is 7.31. The summed E-state index contributed by atoms with van der Waals surface area (Å²) in [7, 11) is 4.72. The fraction of sp³-hybridized carbons (Fsp3) is 0.619. The average molecular weight is 392 g/mol. The van der Waals surface area contributed by atoms with E-state index in [1.807, 2.05) is 30.9 Å². The second-order valence-electron chi connectivity index (χ2n) is 7.31. The number of nitrogens with zero attached hydrogens (tertiary/aromatic N) is 1. The van der Waals surface area contributed by atoms with E-state index in [0.717, 1.165) is 5.56 Å². The molecule has 1 N–H and O–H groups in total. The Kier molecular flexibility index (Phi) is 7.96. The zero-order valence-electron chi connectivity index (χ0n) is 17.5. The van der Waals surface area contributed by atoms with Crippen molar-refractivity contribution in [2.75, 3.05) is 34.4 Å². The molecule has 0 atom stereocenters. The summed E-state index contributed by atoms with van der Waals surface area (Å²) in [6, 6.07) is 3.86. The summed E-state index contributed by atoms with van der Waals surface area (Å²) in [4.78, 5) is 26.6. The summed E-state index contributed by atoms with van der Waals surface area (Å²) in [6.45, 7) is 5.16. The van der Waals surface area contributed by atoms with Gasteiger partial charge in [-0.05, 0) is 44.7 Å². The number of nitrogens with one attached hydrogen (secondary N) is 1. The SMILES string of the molecule is COc1ccc(CCC(=O)N2CCC(C(=O)NC(C)C)CC2)c(OC)c1OC. The Bertz CT molecular complexity index is 682. The first kappa shape index (κ1) is 21.9. The van der Waals surface area contributed by atoms with E-state index in [0.29, 0.717) is 56.0 Å². The molecule has 1 fully saturated rings. The lowest BCUT2D eigenvalue weighted by Crippen LogP contribution is -2.44. The highest BCUT2D eigenvalue weighted by molar-refractivity contribution is 5.80. The van der Waals surface area contributed by atoms with Crippen LogP contribution in [0.2, 0.25) is 0 Å². The number of methoxy groups -OCH3 is 3. The molecule has 1 aliphatic heterocycles. The van der Waals surface area contributed by atoms with Gasteiger partial charge in [-0.25, -0.2) is 0 Å². The maximum atomic E-state index is 12.6. The largest absolute Gasteiger partial charge is 0.493 e. The summed E-state index contributed by atoms with van der Waals surface area (Å²) in [5.41, 5.74) is 0.902. The molecule has 7 heteroatoms. The first-order valence-corrected chi connectivity index (χ1v) is 9.77. The van der Waals surface area contributed by atoms with Crippen molar-refractivity contribution < 1.29 is 23.8 Å². The highest BCUT2D eigenvalue weighted by Crippen LogP contribution is 2.40. The Morgan fingerprint density at radius 1 is 1.07 bits per heavy atom. The molecule has 1 aromatic carbocycles. The van der Waals surface area contributed by atoms with E-state index >= 15 is 0 Å². The topological polar surface area (TPSA) is 77.1 Å². The number of hydrogen-bond acceptors (Lipinski definition) is 5. The molecular weight excluding hydrogens is 360 g/mol. The lowest BCUT2D eigenvalue weighted by atomic mass is 9.95. The van der Waals surface area contributed by atoms with Gasteiger partial charge in [0.2, 0.25) is 17.6 Å². The van der Waals surface area contributed by atoms with Crippen molar-refractivity contribution in [2.24, 2.45) is 5.92 Å². The van der Waals surface area contributed by atoms with Crippen LogP contribution in [-0.4, -0.2) is 57.2 Å². The molecule has 7 nitrogen and oxygen atoms in total. The van der Waals surface area contributed by atoms with Crippen LogP contribution >= 0.6 is 0 Å². The van der Waals surface area contributed by atoms with E-state index in [2.05, 4.69) is 5.32 Å². The van der Waals surface area contributed by atoms with Gasteiger partial charge in [-0.3, -0.25) is 9.59 Å². The number of carbonyl (C=O) groups is 2. The van der Waals surface area contributed by atoms with Crippen molar-refractivity contribution in [3.8, 4) is 17.2 Å². The van der Waals surface area contributed by atoms with Crippen LogP contribution in [-0.2, 0) is 16.0 Å². The van der Waals surface area contributed by atoms with Gasteiger partial charge in [0.25, 0.3) is 0 Å². The Morgan fingerprint density at radius 2 is 1.71 bits per heavy atom. The number of ether oxygens (including phenoxy) is 3. The van der Waals surface area contributed by atoms with Crippen LogP contribution in [0, 0.1) is 5.92 Å². The molecule has 0 aromatic heterocycles. The molecule has 1 saturated heterocycles. The van der Waals surface area contributed by atoms with Gasteiger partial charge in [0, 0.05) is 31.5 Å². The Morgan fingerprint density at radius 3 is 2.25 bits per heavy atom. The van der Waals surface area contributed by atoms with E-state index in [-0.39, 0.29) is 23.8 Å². The molecule has 0 spiro atoms. The molecule has 1 aliphatic rings. The Labute approximate surface area is 167 Å². The molecule has 1 aromatic rings. The lowest BCUT2D eigenvalue weighted by Gasteiger charge is -2.32. The quantitative estimate of drug-likeness (QED) is 0.735. The molecule has 1 heterocycles. The van der Waals surface area contributed by atoms with Gasteiger partial charge in [0.05, 0.1) is 21.3 Å². The number of benzene rings is 1. The van der Waals surface area contributed by atoms with Crippen molar-refractivity contribution >= 4 is 11.8 Å². The zero-order chi connectivity index (χ0) is 20.7. The number of rotatable bonds is 8. The fourth-order valence-electron chi connectivity index (χ4n) is 3.55. The smallest absolute Gasteiger partial charge is 0.223 e. The van der Waals surface area contributed by atoms with Crippen molar-refractivity contribution in [2.45, 2.75) is 45.6 Å². The summed E-state index contributed by atoms with van der Waals surface area (Å²) in [5, 5.41) is 2.96. The summed E-state index contributed by atoms with van der Waals surface area (Å²) >= 11 is 0. The van der Waals surface area contributed by atoms with E-state index in [4.69, 9.17) is 14.2 Å². The van der Waals surface area contributed by atoms with Gasteiger partial charge in [-0.2, -0.15) is 0 Å². The molecule has 0 radical (unpaired) electrons. The standard InChI is InChI=1S/C21H32N2O5/c1-14(2)22-21(25)16-10-12-23(13-11-16)18(24)9-7-15-6-8-17(26-3)20(28-5)19(15)27-4/h6,8,14,16H,7,9-13H2,1-5H3,(H,22,25). The number of carbonyl (C=O) groups excluding carboxylic acids is 2. The van der Waals surface area contributed by atoms with Crippen LogP contribution < -0.4 is 19.5 Å². The van der Waals surface area contributed by atoms with E-state index in [9.17, 15) is 9.59 Å². The van der Waals surface area contributed by atoms with Gasteiger partial charge in [0.15, 0.2) is 11.5 Å². The van der Waals surface area contributed by atoms with Crippen molar-refractivity contribution in [3.05, 3.63) is 17.7 Å². The number of likely N-dealkylation sites (tertiary alicyclic amines) is 1. The molecule has 2 amide bonds. The second kappa shape index (κ2) is 10.2. The van der Waals surface area contributed by atoms with Crippen LogP contribution in [0.5, 0.6) is 17.2 Å². The lowest BCUT2D eigenvalue weighted by molar-refractivity contribution is -0.135. The Hall–Kier alpha value is -2.44. The van der Waals surface area contributed by atoms with Crippen LogP contribution in [0.25, 0.3) is 0 Å². The maximum Gasteiger partial charge on any atom is 0.223 e. The molecule has 2 rings (SSSR count). The minimum atomic E-state index is -0.00241. The van der Waals surface area contributed by atoms with Gasteiger partial charge < -0.3 is 24.4 Å². The van der Waals surface area contributed by atoms with Gasteiger partial charge >= 0.3 is 0 Å². The van der Waals surface area contributed by atoms with Gasteiger partial charge in [-0.15, -0.1) is 0 Å². The third-order valence-corrected chi connectivity index (χ3v) is 5.04. The first-order valence-electron chi connectivity index (χ1n) is 9.77. The molecular formula is C21H32N2O5. The summed E-state index contributed by atoms with van der Waals surface area (Å²) < 4.78 is 16.2. The van der Waals surface area contributed by atoms with Crippen LogP contribution in [0.3, 0.4) is 0 Å². The van der Waals surface area contributed by atoms with Crippen molar-refractivity contribution in [3.63, 3.8) is 0 Å². The third kappa shape index (κ3) is 5.30. The van der Waals surface area contributed by atoms with E-state index in [1.165, 1.54) is 0 Å². The van der Waals surface area contributed by atoms with E-state index < -0.39 is 0 Å². The first-order chi connectivity index (χ1) is 13.4. The molecule has 156 valence electrons. The number of piperidine rings is 1. The van der Waals surface area contributed by atoms with E-state index in [1.54, 1.807) is 21.3 Å². The maximum absolute atomic E-state index is 12.6. The van der Waals surface area contributed by atoms with Crippen molar-refractivity contribution in [1.82, 2.24) is 10.2 Å². The highest BCUT2D eigenvalue weighted by atomic mass is 16.5. The third-order valence-electron chi connectivity index (χ3n) is 5.04. The summed E-state index contributed by atoms with van der Waals surface area (Å²) in [5.74, 6) is 1.91. The number of hydrogen-bond donors (Lipinski definition) is 1.